The minimum Gasteiger partial charge on any atom is -0.497 e. The number of carbonyl (C=O) groups excluding carboxylic acids is 1. The highest BCUT2D eigenvalue weighted by atomic mass is 19.4. The van der Waals surface area contributed by atoms with Crippen molar-refractivity contribution in [3.8, 4) is 5.75 Å². The fraction of sp³-hybridized carbons (Fsp3) is 0.240. The van der Waals surface area contributed by atoms with Gasteiger partial charge in [-0.2, -0.15) is 13.2 Å². The molecule has 3 aromatic heterocycles. The van der Waals surface area contributed by atoms with Crippen LogP contribution < -0.4 is 15.0 Å². The zero-order valence-electron chi connectivity index (χ0n) is 19.2. The Labute approximate surface area is 204 Å². The second kappa shape index (κ2) is 9.15. The van der Waals surface area contributed by atoms with Gasteiger partial charge in [0.05, 0.1) is 25.1 Å². The van der Waals surface area contributed by atoms with E-state index in [1.807, 2.05) is 4.90 Å². The average molecular weight is 497 g/mol. The van der Waals surface area contributed by atoms with E-state index >= 15 is 0 Å². The largest absolute Gasteiger partial charge is 0.497 e. The Morgan fingerprint density at radius 1 is 1.14 bits per heavy atom. The van der Waals surface area contributed by atoms with Crippen molar-refractivity contribution in [2.24, 2.45) is 0 Å². The number of hydrogen-bond acceptors (Lipinski definition) is 6. The van der Waals surface area contributed by atoms with Gasteiger partial charge in [0.15, 0.2) is 0 Å². The molecular weight excluding hydrogens is 475 g/mol. The zero-order chi connectivity index (χ0) is 25.4. The molecule has 0 unspecified atom stereocenters. The minimum atomic E-state index is -4.62. The number of hydrogen-bond donors (Lipinski definition) is 2. The van der Waals surface area contributed by atoms with Crippen molar-refractivity contribution in [2.75, 3.05) is 30.4 Å². The van der Waals surface area contributed by atoms with E-state index in [1.54, 1.807) is 36.4 Å². The fourth-order valence-electron chi connectivity index (χ4n) is 4.03. The maximum absolute atomic E-state index is 13.4. The van der Waals surface area contributed by atoms with Gasteiger partial charge in [-0.3, -0.25) is 4.79 Å². The second-order valence-electron chi connectivity index (χ2n) is 8.49. The lowest BCUT2D eigenvalue weighted by Crippen LogP contribution is -2.51. The van der Waals surface area contributed by atoms with Crippen LogP contribution >= 0.6 is 0 Å². The van der Waals surface area contributed by atoms with Crippen LogP contribution in [-0.4, -0.2) is 51.9 Å². The van der Waals surface area contributed by atoms with E-state index in [4.69, 9.17) is 4.74 Å². The van der Waals surface area contributed by atoms with Crippen LogP contribution in [0.5, 0.6) is 5.75 Å². The summed E-state index contributed by atoms with van der Waals surface area (Å²) in [5.74, 6) is 0.801. The van der Waals surface area contributed by atoms with Crippen molar-refractivity contribution in [1.29, 1.82) is 0 Å². The summed E-state index contributed by atoms with van der Waals surface area (Å²) in [5, 5.41) is 12.6. The Kier molecular flexibility index (Phi) is 6.00. The van der Waals surface area contributed by atoms with Gasteiger partial charge in [-0.25, -0.2) is 9.97 Å². The monoisotopic (exact) mass is 497 g/mol. The number of aromatic nitrogens is 3. The smallest absolute Gasteiger partial charge is 0.433 e. The summed E-state index contributed by atoms with van der Waals surface area (Å²) < 4.78 is 46.7. The van der Waals surface area contributed by atoms with E-state index in [2.05, 4.69) is 15.3 Å². The molecule has 8 nitrogen and oxygen atoms in total. The van der Waals surface area contributed by atoms with Crippen LogP contribution in [0, 0.1) is 0 Å². The van der Waals surface area contributed by atoms with Crippen LogP contribution in [0.4, 0.5) is 24.7 Å². The van der Waals surface area contributed by atoms with Gasteiger partial charge in [0.25, 0.3) is 5.91 Å². The fourth-order valence-corrected chi connectivity index (χ4v) is 4.03. The number of carbonyl (C=O) groups is 1. The Bertz CT molecular complexity index is 1400. The summed E-state index contributed by atoms with van der Waals surface area (Å²) in [4.78, 5) is 23.3. The van der Waals surface area contributed by atoms with E-state index in [-0.39, 0.29) is 24.0 Å². The van der Waals surface area contributed by atoms with E-state index in [9.17, 15) is 23.1 Å². The number of benzene rings is 1. The number of aliphatic hydroxyl groups is 1. The lowest BCUT2D eigenvalue weighted by Gasteiger charge is -2.36. The highest BCUT2D eigenvalue weighted by Gasteiger charge is 2.33. The molecule has 5 rings (SSSR count). The lowest BCUT2D eigenvalue weighted by molar-refractivity contribution is -0.141. The van der Waals surface area contributed by atoms with Gasteiger partial charge >= 0.3 is 6.18 Å². The number of ether oxygens (including phenoxy) is 1. The number of nitrogens with one attached hydrogen (secondary N) is 1. The molecule has 4 aromatic rings. The van der Waals surface area contributed by atoms with E-state index < -0.39 is 17.8 Å². The quantitative estimate of drug-likeness (QED) is 0.419. The predicted octanol–water partition coefficient (Wildman–Crippen LogP) is 3.94. The molecule has 1 aromatic carbocycles. The first-order valence-electron chi connectivity index (χ1n) is 11.1. The molecule has 36 heavy (non-hydrogen) atoms. The minimum absolute atomic E-state index is 0.0515. The number of aliphatic hydroxyl groups excluding tert-OH is 1. The number of alkyl halides is 3. The van der Waals surface area contributed by atoms with Crippen LogP contribution in [0.1, 0.15) is 21.7 Å². The molecule has 0 aliphatic carbocycles. The van der Waals surface area contributed by atoms with Crippen molar-refractivity contribution in [1.82, 2.24) is 14.5 Å². The number of fused-ring (bicyclic) bond motifs is 1. The van der Waals surface area contributed by atoms with Gasteiger partial charge in [-0.1, -0.05) is 12.1 Å². The number of halogens is 3. The molecule has 1 aliphatic rings. The number of methoxy groups -OCH3 is 1. The summed E-state index contributed by atoms with van der Waals surface area (Å²) >= 11 is 0. The second-order valence-corrected chi connectivity index (χ2v) is 8.49. The summed E-state index contributed by atoms with van der Waals surface area (Å²) in [6.45, 7) is 1.12. The van der Waals surface area contributed by atoms with Gasteiger partial charge in [0.1, 0.15) is 28.6 Å². The number of anilines is 2. The topological polar surface area (TPSA) is 92.5 Å². The van der Waals surface area contributed by atoms with Crippen molar-refractivity contribution in [3.63, 3.8) is 0 Å². The highest BCUT2D eigenvalue weighted by Crippen LogP contribution is 2.31. The van der Waals surface area contributed by atoms with E-state index in [0.29, 0.717) is 35.7 Å². The molecule has 1 aliphatic heterocycles. The average Bonchev–Trinajstić information content (AvgIpc) is 3.20. The highest BCUT2D eigenvalue weighted by molar-refractivity contribution is 6.06. The summed E-state index contributed by atoms with van der Waals surface area (Å²) in [6, 6.07) is 14.2. The van der Waals surface area contributed by atoms with Crippen molar-refractivity contribution in [2.45, 2.75) is 18.8 Å². The summed E-state index contributed by atoms with van der Waals surface area (Å²) in [6.07, 6.45) is -3.49. The third kappa shape index (κ3) is 4.69. The van der Waals surface area contributed by atoms with E-state index in [0.717, 1.165) is 11.6 Å². The Morgan fingerprint density at radius 3 is 2.50 bits per heavy atom. The molecule has 186 valence electrons. The number of β-amino-alcohol motifs (C(OH)–C–C–N with tert-alkyl or cyclic N) is 1. The molecular formula is C25H22F3N5O3. The number of nitrogens with zero attached hydrogens (tertiary/aromatic N) is 4. The molecule has 0 saturated carbocycles. The molecule has 0 atom stereocenters. The van der Waals surface area contributed by atoms with Crippen LogP contribution in [0.2, 0.25) is 0 Å². The lowest BCUT2D eigenvalue weighted by atomic mass is 10.2. The zero-order valence-corrected chi connectivity index (χ0v) is 19.2. The standard InChI is InChI=1S/C25H22F3N5O3/c1-36-19-6-2-15(3-7-19)12-33-20(10-16-4-8-21(25(26,27)28)31-23(16)33)24(35)30-17-5-9-22(29-11-17)32-13-18(34)14-32/h2-11,18,34H,12-14H2,1H3,(H,30,35). The van der Waals surface area contributed by atoms with Gasteiger partial charge in [0, 0.05) is 25.0 Å². The first kappa shape index (κ1) is 23.6. The maximum Gasteiger partial charge on any atom is 0.433 e. The van der Waals surface area contributed by atoms with Crippen molar-refractivity contribution >= 4 is 28.4 Å². The molecule has 0 bridgehead atoms. The third-order valence-corrected chi connectivity index (χ3v) is 5.96. The number of rotatable bonds is 6. The first-order valence-corrected chi connectivity index (χ1v) is 11.1. The first-order chi connectivity index (χ1) is 17.2. The van der Waals surface area contributed by atoms with Gasteiger partial charge < -0.3 is 24.6 Å². The SMILES string of the molecule is COc1ccc(Cn2c(C(=O)Nc3ccc(N4CC(O)C4)nc3)cc3ccc(C(F)(F)F)nc32)cc1. The predicted molar refractivity (Wildman–Crippen MR) is 127 cm³/mol. The number of pyridine rings is 2. The van der Waals surface area contributed by atoms with Crippen molar-refractivity contribution in [3.05, 3.63) is 77.7 Å². The van der Waals surface area contributed by atoms with Gasteiger partial charge in [0.2, 0.25) is 0 Å². The summed E-state index contributed by atoms with van der Waals surface area (Å²) in [7, 11) is 1.54. The molecule has 0 radical (unpaired) electrons. The van der Waals surface area contributed by atoms with E-state index in [1.165, 1.54) is 30.0 Å². The molecule has 1 saturated heterocycles. The molecule has 1 fully saturated rings. The molecule has 2 N–H and O–H groups in total. The summed E-state index contributed by atoms with van der Waals surface area (Å²) in [5.41, 5.74) is 0.351. The van der Waals surface area contributed by atoms with Crippen molar-refractivity contribution < 1.29 is 27.8 Å². The molecule has 11 heteroatoms. The number of amides is 1. The Morgan fingerprint density at radius 2 is 1.89 bits per heavy atom. The normalized spacial score (nSPS) is 14.1. The third-order valence-electron chi connectivity index (χ3n) is 5.96. The van der Waals surface area contributed by atoms with Crippen LogP contribution in [0.25, 0.3) is 11.0 Å². The van der Waals surface area contributed by atoms with Crippen LogP contribution in [0.3, 0.4) is 0 Å². The van der Waals surface area contributed by atoms with Crippen LogP contribution in [-0.2, 0) is 12.7 Å². The Balaban J connectivity index is 1.47. The maximum atomic E-state index is 13.4. The van der Waals surface area contributed by atoms with Gasteiger partial charge in [-0.15, -0.1) is 0 Å². The Hall–Kier alpha value is -4.12. The van der Waals surface area contributed by atoms with Crippen LogP contribution in [0.15, 0.2) is 60.8 Å². The molecule has 0 spiro atoms. The molecule has 4 heterocycles. The van der Waals surface area contributed by atoms with Gasteiger partial charge in [-0.05, 0) is 48.0 Å². The molecule has 1 amide bonds.